The van der Waals surface area contributed by atoms with Crippen LogP contribution in [-0.2, 0) is 4.79 Å². The van der Waals surface area contributed by atoms with Crippen LogP contribution in [0.3, 0.4) is 0 Å². The number of Topliss-reactive ketones (excluding diaryl/α,β-unsaturated/α-hetero) is 1. The molecule has 0 heterocycles. The van der Waals surface area contributed by atoms with E-state index in [0.29, 0.717) is 17.6 Å². The second kappa shape index (κ2) is 3.18. The molecule has 0 amide bonds. The fourth-order valence-corrected chi connectivity index (χ4v) is 1.67. The van der Waals surface area contributed by atoms with Crippen molar-refractivity contribution in [1.29, 1.82) is 0 Å². The molecule has 1 rings (SSSR count). The zero-order chi connectivity index (χ0) is 7.56. The Morgan fingerprint density at radius 3 is 1.90 bits per heavy atom. The molecule has 58 valence electrons. The molecule has 0 N–H and O–H groups in total. The van der Waals surface area contributed by atoms with Crippen molar-refractivity contribution in [2.75, 3.05) is 0 Å². The average molecular weight is 140 g/mol. The Labute approximate surface area is 62.8 Å². The van der Waals surface area contributed by atoms with E-state index in [4.69, 9.17) is 0 Å². The quantitative estimate of drug-likeness (QED) is 0.472. The van der Waals surface area contributed by atoms with Gasteiger partial charge >= 0.3 is 0 Å². The third kappa shape index (κ3) is 1.59. The fraction of sp³-hybridized carbons (Fsp3) is 0.889. The van der Waals surface area contributed by atoms with E-state index < -0.39 is 0 Å². The molecule has 0 saturated heterocycles. The highest BCUT2D eigenvalue weighted by atomic mass is 16.1. The summed E-state index contributed by atoms with van der Waals surface area (Å²) >= 11 is 0. The van der Waals surface area contributed by atoms with Crippen molar-refractivity contribution in [1.82, 2.24) is 0 Å². The Kier molecular flexibility index (Phi) is 2.47. The van der Waals surface area contributed by atoms with E-state index in [9.17, 15) is 4.79 Å². The van der Waals surface area contributed by atoms with Gasteiger partial charge in [0.25, 0.3) is 0 Å². The van der Waals surface area contributed by atoms with Gasteiger partial charge in [0.05, 0.1) is 0 Å². The van der Waals surface area contributed by atoms with Gasteiger partial charge in [-0.1, -0.05) is 26.7 Å². The molecule has 1 saturated carbocycles. The maximum absolute atomic E-state index is 11.3. The number of carbonyl (C=O) groups is 1. The van der Waals surface area contributed by atoms with Gasteiger partial charge in [0.2, 0.25) is 0 Å². The van der Waals surface area contributed by atoms with Crippen LogP contribution in [0.25, 0.3) is 0 Å². The Balaban J connectivity index is 2.55. The lowest BCUT2D eigenvalue weighted by Crippen LogP contribution is -2.16. The normalized spacial score (nSPS) is 35.6. The summed E-state index contributed by atoms with van der Waals surface area (Å²) in [7, 11) is 0. The zero-order valence-electron chi connectivity index (χ0n) is 6.89. The number of rotatable bonds is 0. The minimum Gasteiger partial charge on any atom is -0.299 e. The van der Waals surface area contributed by atoms with Crippen LogP contribution in [0.2, 0.25) is 0 Å². The monoisotopic (exact) mass is 140 g/mol. The van der Waals surface area contributed by atoms with Crippen LogP contribution >= 0.6 is 0 Å². The van der Waals surface area contributed by atoms with Crippen LogP contribution in [0.4, 0.5) is 0 Å². The third-order valence-corrected chi connectivity index (χ3v) is 2.50. The topological polar surface area (TPSA) is 17.1 Å². The highest BCUT2D eigenvalue weighted by Gasteiger charge is 2.21. The maximum atomic E-state index is 11.3. The lowest BCUT2D eigenvalue weighted by molar-refractivity contribution is -0.125. The van der Waals surface area contributed by atoms with E-state index in [1.165, 1.54) is 12.8 Å². The molecular formula is C9H16O. The molecule has 0 aliphatic heterocycles. The highest BCUT2D eigenvalue weighted by molar-refractivity contribution is 5.82. The summed E-state index contributed by atoms with van der Waals surface area (Å²) in [4.78, 5) is 11.3. The van der Waals surface area contributed by atoms with Gasteiger partial charge in [-0.05, 0) is 12.8 Å². The van der Waals surface area contributed by atoms with Crippen molar-refractivity contribution in [2.45, 2.75) is 39.5 Å². The zero-order valence-corrected chi connectivity index (χ0v) is 6.89. The molecule has 1 unspecified atom stereocenters. The molecule has 1 aliphatic carbocycles. The standard InChI is InChI=1S/C9H16O/c1-7-5-3-4-6-8(2)9(7)10/h7-8H,3-6H2,1-2H3/t7-,8?/m1/s1. The summed E-state index contributed by atoms with van der Waals surface area (Å²) in [5.41, 5.74) is 0. The van der Waals surface area contributed by atoms with Crippen molar-refractivity contribution in [3.05, 3.63) is 0 Å². The van der Waals surface area contributed by atoms with Crippen molar-refractivity contribution < 1.29 is 4.79 Å². The van der Waals surface area contributed by atoms with Crippen LogP contribution < -0.4 is 0 Å². The van der Waals surface area contributed by atoms with Gasteiger partial charge in [-0.15, -0.1) is 0 Å². The second-order valence-corrected chi connectivity index (χ2v) is 3.49. The van der Waals surface area contributed by atoms with Crippen LogP contribution in [0.1, 0.15) is 39.5 Å². The van der Waals surface area contributed by atoms with Crippen LogP contribution in [0.15, 0.2) is 0 Å². The van der Waals surface area contributed by atoms with E-state index in [2.05, 4.69) is 13.8 Å². The minimum absolute atomic E-state index is 0.331. The lowest BCUT2D eigenvalue weighted by atomic mass is 9.95. The summed E-state index contributed by atoms with van der Waals surface area (Å²) in [6.07, 6.45) is 4.72. The summed E-state index contributed by atoms with van der Waals surface area (Å²) in [5.74, 6) is 1.15. The van der Waals surface area contributed by atoms with Gasteiger partial charge in [0, 0.05) is 11.8 Å². The predicted molar refractivity (Wildman–Crippen MR) is 41.8 cm³/mol. The summed E-state index contributed by atoms with van der Waals surface area (Å²) in [6, 6.07) is 0. The Bertz CT molecular complexity index is 115. The molecule has 0 spiro atoms. The summed E-state index contributed by atoms with van der Waals surface area (Å²) in [6.45, 7) is 4.12. The molecule has 0 aromatic rings. The summed E-state index contributed by atoms with van der Waals surface area (Å²) in [5, 5.41) is 0. The van der Waals surface area contributed by atoms with Crippen molar-refractivity contribution in [2.24, 2.45) is 11.8 Å². The molecule has 10 heavy (non-hydrogen) atoms. The fourth-order valence-electron chi connectivity index (χ4n) is 1.67. The van der Waals surface area contributed by atoms with Gasteiger partial charge in [-0.3, -0.25) is 4.79 Å². The maximum Gasteiger partial charge on any atom is 0.138 e. The van der Waals surface area contributed by atoms with Gasteiger partial charge in [0.1, 0.15) is 5.78 Å². The molecule has 1 fully saturated rings. The predicted octanol–water partition coefficient (Wildman–Crippen LogP) is 2.40. The SMILES string of the molecule is CC1CCCC[C@@H](C)C1=O. The first kappa shape index (κ1) is 7.77. The van der Waals surface area contributed by atoms with E-state index in [0.717, 1.165) is 12.8 Å². The highest BCUT2D eigenvalue weighted by Crippen LogP contribution is 2.23. The first-order valence-corrected chi connectivity index (χ1v) is 4.25. The molecule has 1 heteroatoms. The van der Waals surface area contributed by atoms with Gasteiger partial charge in [-0.2, -0.15) is 0 Å². The largest absolute Gasteiger partial charge is 0.299 e. The second-order valence-electron chi connectivity index (χ2n) is 3.49. The number of hydrogen-bond acceptors (Lipinski definition) is 1. The third-order valence-electron chi connectivity index (χ3n) is 2.50. The lowest BCUT2D eigenvalue weighted by Gasteiger charge is -2.09. The number of ketones is 1. The van der Waals surface area contributed by atoms with Gasteiger partial charge < -0.3 is 0 Å². The number of hydrogen-bond donors (Lipinski definition) is 0. The van der Waals surface area contributed by atoms with E-state index >= 15 is 0 Å². The Morgan fingerprint density at radius 2 is 1.50 bits per heavy atom. The van der Waals surface area contributed by atoms with Crippen molar-refractivity contribution in [3.8, 4) is 0 Å². The smallest absolute Gasteiger partial charge is 0.138 e. The first-order valence-electron chi connectivity index (χ1n) is 4.25. The molecule has 0 radical (unpaired) electrons. The Hall–Kier alpha value is -0.330. The van der Waals surface area contributed by atoms with E-state index in [-0.39, 0.29) is 0 Å². The molecule has 0 bridgehead atoms. The summed E-state index contributed by atoms with van der Waals surface area (Å²) < 4.78 is 0. The van der Waals surface area contributed by atoms with Gasteiger partial charge in [0.15, 0.2) is 0 Å². The molecule has 1 nitrogen and oxygen atoms in total. The molecular weight excluding hydrogens is 124 g/mol. The van der Waals surface area contributed by atoms with E-state index in [1.807, 2.05) is 0 Å². The molecule has 0 aromatic carbocycles. The molecule has 2 atom stereocenters. The Morgan fingerprint density at radius 1 is 1.10 bits per heavy atom. The van der Waals surface area contributed by atoms with Crippen LogP contribution in [-0.4, -0.2) is 5.78 Å². The number of carbonyl (C=O) groups excluding carboxylic acids is 1. The molecule has 1 aliphatic rings. The van der Waals surface area contributed by atoms with Crippen LogP contribution in [0, 0.1) is 11.8 Å². The minimum atomic E-state index is 0.331. The van der Waals surface area contributed by atoms with Crippen LogP contribution in [0.5, 0.6) is 0 Å². The van der Waals surface area contributed by atoms with E-state index in [1.54, 1.807) is 0 Å². The molecule has 0 aromatic heterocycles. The van der Waals surface area contributed by atoms with Crippen molar-refractivity contribution in [3.63, 3.8) is 0 Å². The van der Waals surface area contributed by atoms with Crippen molar-refractivity contribution >= 4 is 5.78 Å². The van der Waals surface area contributed by atoms with Gasteiger partial charge in [-0.25, -0.2) is 0 Å². The first-order chi connectivity index (χ1) is 4.72. The average Bonchev–Trinajstić information content (AvgIpc) is 2.04.